The summed E-state index contributed by atoms with van der Waals surface area (Å²) in [6, 6.07) is 9.81. The molecule has 0 N–H and O–H groups in total. The Morgan fingerprint density at radius 3 is 1.48 bits per heavy atom. The Bertz CT molecular complexity index is 1070. The van der Waals surface area contributed by atoms with Crippen LogP contribution in [0.1, 0.15) is 121 Å². The molecule has 8 nitrogen and oxygen atoms in total. The third kappa shape index (κ3) is 17.9. The van der Waals surface area contributed by atoms with Gasteiger partial charge in [-0.25, -0.2) is 20.0 Å². The van der Waals surface area contributed by atoms with Crippen LogP contribution in [0.4, 0.5) is 0 Å². The number of nitrogens with zero attached hydrogens (tertiary/aromatic N) is 4. The largest absolute Gasteiger partial charge is 0.272 e. The maximum absolute atomic E-state index is 11.9. The Kier molecular flexibility index (Phi) is 24.9. The highest BCUT2D eigenvalue weighted by Gasteiger charge is 2.32. The van der Waals surface area contributed by atoms with Crippen molar-refractivity contribution in [3.63, 3.8) is 0 Å². The van der Waals surface area contributed by atoms with E-state index in [-0.39, 0.29) is 35.0 Å². The monoisotopic (exact) mass is 632 g/mol. The molecule has 9 heteroatoms. The van der Waals surface area contributed by atoms with Crippen LogP contribution < -0.4 is 0 Å². The molecule has 1 rings (SSSR count). The van der Waals surface area contributed by atoms with Crippen LogP contribution in [0.5, 0.6) is 0 Å². The van der Waals surface area contributed by atoms with Gasteiger partial charge >= 0.3 is 0 Å². The van der Waals surface area contributed by atoms with Crippen molar-refractivity contribution in [3.8, 4) is 0 Å². The highest BCUT2D eigenvalue weighted by atomic mass is 35.5. The molecule has 1 aromatic rings. The first-order chi connectivity index (χ1) is 20.5. The molecule has 0 spiro atoms. The lowest BCUT2D eigenvalue weighted by Gasteiger charge is -2.24. The molecule has 0 heterocycles. The van der Waals surface area contributed by atoms with Crippen molar-refractivity contribution in [2.75, 3.05) is 0 Å². The Balaban J connectivity index is -0.000000523. The van der Waals surface area contributed by atoms with Crippen molar-refractivity contribution >= 4 is 60.1 Å². The van der Waals surface area contributed by atoms with Gasteiger partial charge in [-0.05, 0) is 72.8 Å². The molecule has 0 bridgehead atoms. The summed E-state index contributed by atoms with van der Waals surface area (Å²) in [4.78, 5) is 58.7. The minimum atomic E-state index is -0.813. The van der Waals surface area contributed by atoms with Gasteiger partial charge in [0.25, 0.3) is 17.7 Å². The van der Waals surface area contributed by atoms with Crippen molar-refractivity contribution in [1.82, 2.24) is 0 Å². The molecule has 0 saturated carbocycles. The molecule has 44 heavy (non-hydrogen) atoms. The minimum Gasteiger partial charge on any atom is -0.272 e. The van der Waals surface area contributed by atoms with Crippen LogP contribution in [0.3, 0.4) is 0 Å². The maximum atomic E-state index is 11.9. The Hall–Kier alpha value is -3.13. The van der Waals surface area contributed by atoms with E-state index >= 15 is 0 Å². The first-order valence-electron chi connectivity index (χ1n) is 15.3. The Morgan fingerprint density at radius 2 is 1.11 bits per heavy atom. The quantitative estimate of drug-likeness (QED) is 0.200. The van der Waals surface area contributed by atoms with Gasteiger partial charge in [0, 0.05) is 36.2 Å². The third-order valence-corrected chi connectivity index (χ3v) is 7.62. The fraction of sp³-hybridized carbons (Fsp3) is 0.600. The second-order valence-electron chi connectivity index (χ2n) is 11.0. The van der Waals surface area contributed by atoms with Crippen molar-refractivity contribution in [1.29, 1.82) is 0 Å². The molecule has 4 amide bonds. The number of aliphatic imine (C=N–C) groups is 4. The predicted octanol–water partition coefficient (Wildman–Crippen LogP) is 8.67. The lowest BCUT2D eigenvalue weighted by molar-refractivity contribution is -0.126. The van der Waals surface area contributed by atoms with Gasteiger partial charge in [0.2, 0.25) is 5.91 Å². The van der Waals surface area contributed by atoms with Gasteiger partial charge in [0.15, 0.2) is 0 Å². The number of rotatable bonds is 9. The van der Waals surface area contributed by atoms with E-state index in [0.29, 0.717) is 6.42 Å². The van der Waals surface area contributed by atoms with Gasteiger partial charge in [-0.15, -0.1) is 11.6 Å². The zero-order valence-electron chi connectivity index (χ0n) is 29.4. The molecule has 0 aromatic heterocycles. The van der Waals surface area contributed by atoms with Crippen molar-refractivity contribution in [2.45, 2.75) is 126 Å². The van der Waals surface area contributed by atoms with E-state index in [4.69, 9.17) is 11.6 Å². The summed E-state index contributed by atoms with van der Waals surface area (Å²) in [5.41, 5.74) is 0.253. The summed E-state index contributed by atoms with van der Waals surface area (Å²) in [7, 11) is 0. The van der Waals surface area contributed by atoms with Crippen LogP contribution >= 0.6 is 11.6 Å². The van der Waals surface area contributed by atoms with Crippen LogP contribution in [0, 0.1) is 11.3 Å². The normalized spacial score (nSPS) is 14.8. The van der Waals surface area contributed by atoms with Gasteiger partial charge in [-0.2, -0.15) is 0 Å². The topological polar surface area (TPSA) is 118 Å². The molecule has 0 fully saturated rings. The van der Waals surface area contributed by atoms with E-state index in [1.165, 1.54) is 12.4 Å². The SMILES string of the molecule is CC=NC(=O)C(C)(C)CC.CC=NC(=O)C(C)(CC)c1ccccc1.CC=NC(=O)C(C)(Cl)CC.CC=NC(=O)C(C)CC. The van der Waals surface area contributed by atoms with Gasteiger partial charge in [-0.1, -0.05) is 78.8 Å². The first-order valence-corrected chi connectivity index (χ1v) is 15.7. The summed E-state index contributed by atoms with van der Waals surface area (Å²) >= 11 is 5.79. The van der Waals surface area contributed by atoms with Crippen molar-refractivity contribution < 1.29 is 19.2 Å². The smallest absolute Gasteiger partial charge is 0.266 e. The van der Waals surface area contributed by atoms with Gasteiger partial charge in [0.05, 0.1) is 5.41 Å². The standard InChI is InChI=1S/C13H17NO.C8H15NO.C7H12ClNO.C7H13NO/c1-4-13(3,12(15)14-5-2)11-9-7-6-8-10-11;1-5-8(3,4)7(10)9-6-2;1-4-7(3,8)6(10)9-5-2;1-4-6(3)7(9)8-5-2/h5-10H,4H2,1-3H3;6H,5H2,1-4H3;5H,4H2,1-3H3;5-6H,4H2,1-3H3. The van der Waals surface area contributed by atoms with Crippen molar-refractivity contribution in [3.05, 3.63) is 35.9 Å². The molecule has 248 valence electrons. The van der Waals surface area contributed by atoms with E-state index in [1.54, 1.807) is 47.0 Å². The second kappa shape index (κ2) is 24.2. The van der Waals surface area contributed by atoms with Crippen molar-refractivity contribution in [2.24, 2.45) is 31.3 Å². The number of amides is 4. The molecule has 0 radical (unpaired) electrons. The molecule has 0 aliphatic heterocycles. The fourth-order valence-electron chi connectivity index (χ4n) is 2.82. The van der Waals surface area contributed by atoms with Crippen LogP contribution in [0.15, 0.2) is 50.3 Å². The predicted molar refractivity (Wildman–Crippen MR) is 189 cm³/mol. The number of halogens is 1. The molecule has 3 atom stereocenters. The average molecular weight is 633 g/mol. The highest BCUT2D eigenvalue weighted by Crippen LogP contribution is 2.28. The zero-order valence-corrected chi connectivity index (χ0v) is 30.2. The summed E-state index contributed by atoms with van der Waals surface area (Å²) < 4.78 is 0. The Morgan fingerprint density at radius 1 is 0.682 bits per heavy atom. The van der Waals surface area contributed by atoms with Gasteiger partial charge in [-0.3, -0.25) is 19.2 Å². The van der Waals surface area contributed by atoms with Crippen LogP contribution in [-0.4, -0.2) is 53.4 Å². The molecule has 0 saturated heterocycles. The van der Waals surface area contributed by atoms with E-state index in [0.717, 1.165) is 24.8 Å². The second-order valence-corrected chi connectivity index (χ2v) is 11.8. The number of carbonyl (C=O) groups is 4. The maximum Gasteiger partial charge on any atom is 0.266 e. The average Bonchev–Trinajstić information content (AvgIpc) is 3.02. The molecule has 0 aliphatic rings. The van der Waals surface area contributed by atoms with E-state index in [9.17, 15) is 19.2 Å². The summed E-state index contributed by atoms with van der Waals surface area (Å²) in [5, 5.41) is 0. The first kappa shape index (κ1) is 45.3. The third-order valence-electron chi connectivity index (χ3n) is 7.19. The number of carbonyl (C=O) groups excluding carboxylic acids is 4. The lowest BCUT2D eigenvalue weighted by atomic mass is 9.79. The zero-order chi connectivity index (χ0) is 35.0. The molecule has 3 unspecified atom stereocenters. The van der Waals surface area contributed by atoms with E-state index in [1.807, 2.05) is 85.7 Å². The molecule has 1 aromatic carbocycles. The number of benzene rings is 1. The fourth-order valence-corrected chi connectivity index (χ4v) is 2.87. The minimum absolute atomic E-state index is 0.0139. The summed E-state index contributed by atoms with van der Waals surface area (Å²) in [6.07, 6.45) is 9.16. The molecular formula is C35H57ClN4O4. The molecular weight excluding hydrogens is 576 g/mol. The van der Waals surface area contributed by atoms with Crippen LogP contribution in [-0.2, 0) is 24.6 Å². The number of alkyl halides is 1. The Labute approximate surface area is 272 Å². The number of hydrogen-bond acceptors (Lipinski definition) is 4. The van der Waals surface area contributed by atoms with Gasteiger partial charge in [0.1, 0.15) is 4.87 Å². The van der Waals surface area contributed by atoms with E-state index in [2.05, 4.69) is 20.0 Å². The van der Waals surface area contributed by atoms with Crippen LogP contribution in [0.25, 0.3) is 0 Å². The molecule has 0 aliphatic carbocycles. The van der Waals surface area contributed by atoms with Crippen LogP contribution in [0.2, 0.25) is 0 Å². The van der Waals surface area contributed by atoms with E-state index < -0.39 is 10.3 Å². The lowest BCUT2D eigenvalue weighted by Crippen LogP contribution is -2.30. The summed E-state index contributed by atoms with van der Waals surface area (Å²) in [6.45, 7) is 24.1. The highest BCUT2D eigenvalue weighted by molar-refractivity contribution is 6.35. The van der Waals surface area contributed by atoms with Gasteiger partial charge < -0.3 is 0 Å². The summed E-state index contributed by atoms with van der Waals surface area (Å²) in [5.74, 6) is -0.295. The number of hydrogen-bond donors (Lipinski definition) is 0.